The minimum atomic E-state index is -6.71. The van der Waals surface area contributed by atoms with Crippen LogP contribution in [0.15, 0.2) is 36.4 Å². The van der Waals surface area contributed by atoms with E-state index in [-0.39, 0.29) is 18.2 Å². The van der Waals surface area contributed by atoms with E-state index in [0.717, 1.165) is 0 Å². The van der Waals surface area contributed by atoms with Gasteiger partial charge in [0, 0.05) is 11.6 Å². The Morgan fingerprint density at radius 1 is 0.833 bits per heavy atom. The predicted octanol–water partition coefficient (Wildman–Crippen LogP) is 7.36. The van der Waals surface area contributed by atoms with Crippen molar-refractivity contribution < 1.29 is 80.7 Å². The monoisotopic (exact) mass is 638 g/mol. The number of benzene rings is 2. The molecule has 0 aromatic heterocycles. The summed E-state index contributed by atoms with van der Waals surface area (Å²) in [5, 5.41) is 13.0. The second-order valence-corrected chi connectivity index (χ2v) is 8.00. The van der Waals surface area contributed by atoms with Gasteiger partial charge < -0.3 is 14.8 Å². The number of nitro groups is 1. The molecule has 2 aromatic rings. The van der Waals surface area contributed by atoms with E-state index >= 15 is 0 Å². The van der Waals surface area contributed by atoms with Gasteiger partial charge in [-0.1, -0.05) is 0 Å². The van der Waals surface area contributed by atoms with Gasteiger partial charge in [-0.3, -0.25) is 14.9 Å². The number of nitro benzene ring substituents is 1. The van der Waals surface area contributed by atoms with Gasteiger partial charge in [0.2, 0.25) is 0 Å². The Hall–Kier alpha value is -4.07. The second kappa shape index (κ2) is 11.7. The highest BCUT2D eigenvalue weighted by molar-refractivity contribution is 6.05. The van der Waals surface area contributed by atoms with Crippen molar-refractivity contribution in [2.24, 2.45) is 0 Å². The van der Waals surface area contributed by atoms with Crippen molar-refractivity contribution in [2.75, 3.05) is 18.5 Å². The number of alkyl halides is 14. The minimum Gasteiger partial charge on any atom is -0.482 e. The molecule has 0 aliphatic carbocycles. The molecular weight excluding hydrogens is 626 g/mol. The van der Waals surface area contributed by atoms with E-state index in [1.165, 1.54) is 0 Å². The molecule has 0 aliphatic heterocycles. The van der Waals surface area contributed by atoms with Gasteiger partial charge >= 0.3 is 42.2 Å². The summed E-state index contributed by atoms with van der Waals surface area (Å²) in [6.45, 7) is -4.83. The zero-order valence-electron chi connectivity index (χ0n) is 19.7. The average Bonchev–Trinajstić information content (AvgIpc) is 2.85. The van der Waals surface area contributed by atoms with Crippen molar-refractivity contribution in [2.45, 2.75) is 36.5 Å². The van der Waals surface area contributed by atoms with Crippen LogP contribution in [0.4, 0.5) is 72.8 Å². The number of hydrogen-bond donors (Lipinski definition) is 1. The molecule has 21 heteroatoms. The van der Waals surface area contributed by atoms with Crippen LogP contribution in [0.25, 0.3) is 0 Å². The van der Waals surface area contributed by atoms with Gasteiger partial charge in [-0.15, -0.1) is 0 Å². The maximum Gasteiger partial charge on any atom is 0.422 e. The number of hydrogen-bond acceptors (Lipinski definition) is 5. The summed E-state index contributed by atoms with van der Waals surface area (Å²) < 4.78 is 190. The molecule has 0 spiro atoms. The van der Waals surface area contributed by atoms with Crippen molar-refractivity contribution in [3.8, 4) is 11.5 Å². The van der Waals surface area contributed by atoms with Crippen LogP contribution < -0.4 is 14.8 Å². The number of anilines is 1. The van der Waals surface area contributed by atoms with E-state index < -0.39 is 94.6 Å². The maximum atomic E-state index is 13.7. The third kappa shape index (κ3) is 7.60. The second-order valence-electron chi connectivity index (χ2n) is 8.00. The molecule has 0 unspecified atom stereocenters. The Balaban J connectivity index is 2.38. The topological polar surface area (TPSA) is 90.7 Å². The molecule has 7 nitrogen and oxygen atoms in total. The smallest absolute Gasteiger partial charge is 0.422 e. The van der Waals surface area contributed by atoms with Crippen LogP contribution in [0, 0.1) is 10.1 Å². The van der Waals surface area contributed by atoms with Crippen molar-refractivity contribution in [3.05, 3.63) is 57.6 Å². The number of ether oxygens (including phenoxy) is 2. The molecule has 2 aromatic carbocycles. The third-order valence-electron chi connectivity index (χ3n) is 4.93. The summed E-state index contributed by atoms with van der Waals surface area (Å²) in [4.78, 5) is 22.4. The molecule has 42 heavy (non-hydrogen) atoms. The molecule has 0 fully saturated rings. The summed E-state index contributed by atoms with van der Waals surface area (Å²) in [6.07, 6.45) is -15.3. The van der Waals surface area contributed by atoms with Crippen LogP contribution in [-0.2, 0) is 6.18 Å². The molecule has 0 atom stereocenters. The van der Waals surface area contributed by atoms with Crippen LogP contribution in [0.3, 0.4) is 0 Å². The highest BCUT2D eigenvalue weighted by atomic mass is 19.4. The van der Waals surface area contributed by atoms with Crippen LogP contribution in [-0.4, -0.2) is 54.4 Å². The van der Waals surface area contributed by atoms with Crippen LogP contribution >= 0.6 is 0 Å². The van der Waals surface area contributed by atoms with Crippen LogP contribution in [0.2, 0.25) is 0 Å². The summed E-state index contributed by atoms with van der Waals surface area (Å²) in [6, 6.07) is 1.78. The zero-order chi connectivity index (χ0) is 32.5. The maximum absolute atomic E-state index is 13.7. The summed E-state index contributed by atoms with van der Waals surface area (Å²) in [7, 11) is 0. The number of amides is 1. The first-order valence-electron chi connectivity index (χ1n) is 10.5. The Morgan fingerprint density at radius 3 is 1.88 bits per heavy atom. The first-order chi connectivity index (χ1) is 18.9. The summed E-state index contributed by atoms with van der Waals surface area (Å²) in [5.41, 5.74) is -4.87. The van der Waals surface area contributed by atoms with Crippen molar-refractivity contribution in [1.82, 2.24) is 0 Å². The lowest BCUT2D eigenvalue weighted by Gasteiger charge is -2.31. The van der Waals surface area contributed by atoms with Gasteiger partial charge in [-0.25, -0.2) is 8.78 Å². The van der Waals surface area contributed by atoms with Crippen LogP contribution in [0.5, 0.6) is 11.5 Å². The lowest BCUT2D eigenvalue weighted by molar-refractivity contribution is -0.386. The van der Waals surface area contributed by atoms with Gasteiger partial charge in [-0.05, 0) is 30.3 Å². The number of rotatable bonds is 11. The fraction of sp³-hybridized carbons (Fsp3) is 0.381. The Kier molecular flexibility index (Phi) is 9.48. The third-order valence-corrected chi connectivity index (χ3v) is 4.93. The molecule has 234 valence electrons. The Bertz CT molecular complexity index is 1310. The average molecular weight is 638 g/mol. The predicted molar refractivity (Wildman–Crippen MR) is 110 cm³/mol. The van der Waals surface area contributed by atoms with Crippen molar-refractivity contribution >= 4 is 17.3 Å². The molecule has 2 rings (SSSR count). The van der Waals surface area contributed by atoms with Gasteiger partial charge in [0.05, 0.1) is 16.2 Å². The zero-order valence-corrected chi connectivity index (χ0v) is 19.7. The first kappa shape index (κ1) is 34.1. The lowest BCUT2D eigenvalue weighted by Crippen LogP contribution is -2.59. The van der Waals surface area contributed by atoms with Gasteiger partial charge in [-0.2, -0.15) is 52.7 Å². The van der Waals surface area contributed by atoms with E-state index in [4.69, 9.17) is 0 Å². The van der Waals surface area contributed by atoms with Crippen LogP contribution in [0.1, 0.15) is 15.9 Å². The fourth-order valence-electron chi connectivity index (χ4n) is 2.85. The molecule has 0 heterocycles. The Morgan fingerprint density at radius 2 is 1.38 bits per heavy atom. The molecule has 1 amide bonds. The van der Waals surface area contributed by atoms with E-state index in [9.17, 15) is 76.4 Å². The SMILES string of the molecule is O=C(Nc1cc(C(F)(F)F)ccc1OCC(F)(F)F)c1ccc(OCC(F)(F)C(F)(F)C(F)(F)C(F)F)c([N+](=O)[O-])c1. The molecule has 0 saturated carbocycles. The first-order valence-corrected chi connectivity index (χ1v) is 10.5. The largest absolute Gasteiger partial charge is 0.482 e. The molecular formula is C21H12F14N2O5. The molecule has 0 saturated heterocycles. The molecule has 1 N–H and O–H groups in total. The highest BCUT2D eigenvalue weighted by Gasteiger charge is 2.75. The number of nitrogens with zero attached hydrogens (tertiary/aromatic N) is 1. The highest BCUT2D eigenvalue weighted by Crippen LogP contribution is 2.49. The minimum absolute atomic E-state index is 0.146. The standard InChI is InChI=1S/C21H12F14N2O5/c22-16(23)19(29,30)21(34,35)17(24,25)7-41-14-3-1-9(5-12(14)37(39)40)15(38)36-11-6-10(20(31,32)33)2-4-13(11)42-8-18(26,27)28/h1-6,16H,7-8H2,(H,36,38). The van der Waals surface area contributed by atoms with E-state index in [0.29, 0.717) is 18.2 Å². The fourth-order valence-corrected chi connectivity index (χ4v) is 2.85. The number of carbonyl (C=O) groups is 1. The van der Waals surface area contributed by atoms with E-state index in [1.807, 2.05) is 0 Å². The van der Waals surface area contributed by atoms with Gasteiger partial charge in [0.15, 0.2) is 19.0 Å². The normalized spacial score (nSPS) is 13.2. The summed E-state index contributed by atoms with van der Waals surface area (Å²) >= 11 is 0. The lowest BCUT2D eigenvalue weighted by atomic mass is 10.1. The van der Waals surface area contributed by atoms with E-state index in [1.54, 1.807) is 5.32 Å². The molecule has 0 radical (unpaired) electrons. The quantitative estimate of drug-likeness (QED) is 0.158. The number of halogens is 14. The Labute approximate surface area is 223 Å². The number of carbonyl (C=O) groups excluding carboxylic acids is 1. The van der Waals surface area contributed by atoms with Crippen molar-refractivity contribution in [1.29, 1.82) is 0 Å². The van der Waals surface area contributed by atoms with Gasteiger partial charge in [0.1, 0.15) is 5.75 Å². The van der Waals surface area contributed by atoms with Gasteiger partial charge in [0.25, 0.3) is 5.91 Å². The van der Waals surface area contributed by atoms with Crippen molar-refractivity contribution in [3.63, 3.8) is 0 Å². The molecule has 0 aliphatic rings. The van der Waals surface area contributed by atoms with E-state index in [2.05, 4.69) is 9.47 Å². The molecule has 0 bridgehead atoms. The number of nitrogens with one attached hydrogen (secondary N) is 1. The summed E-state index contributed by atoms with van der Waals surface area (Å²) in [5.74, 6) is -23.2.